The minimum Gasteiger partial charge on any atom is -0.324 e. The van der Waals surface area contributed by atoms with E-state index in [1.807, 2.05) is 0 Å². The molecule has 0 saturated carbocycles. The lowest BCUT2D eigenvalue weighted by Crippen LogP contribution is -2.49. The van der Waals surface area contributed by atoms with Gasteiger partial charge >= 0.3 is 0 Å². The van der Waals surface area contributed by atoms with Gasteiger partial charge in [0.1, 0.15) is 0 Å². The lowest BCUT2D eigenvalue weighted by atomic mass is 9.68. The Balaban J connectivity index is 1.96. The molecule has 2 unspecified atom stereocenters. The van der Waals surface area contributed by atoms with Gasteiger partial charge in [0.05, 0.1) is 0 Å². The second kappa shape index (κ2) is 12.9. The first-order valence-corrected chi connectivity index (χ1v) is 12.0. The summed E-state index contributed by atoms with van der Waals surface area (Å²) in [6.45, 7) is 6.93. The van der Waals surface area contributed by atoms with E-state index in [2.05, 4.69) is 81.4 Å². The number of rotatable bonds is 14. The minimum absolute atomic E-state index is 0.232. The van der Waals surface area contributed by atoms with Crippen LogP contribution in [0.1, 0.15) is 108 Å². The summed E-state index contributed by atoms with van der Waals surface area (Å²) in [5.74, 6) is 0.654. The zero-order valence-corrected chi connectivity index (χ0v) is 19.1. The van der Waals surface area contributed by atoms with Crippen LogP contribution < -0.4 is 5.73 Å². The van der Waals surface area contributed by atoms with Gasteiger partial charge in [0.2, 0.25) is 0 Å². The van der Waals surface area contributed by atoms with Crippen molar-refractivity contribution in [2.75, 3.05) is 0 Å². The highest BCUT2D eigenvalue weighted by molar-refractivity contribution is 5.30. The predicted octanol–water partition coefficient (Wildman–Crippen LogP) is 8.21. The molecule has 0 fully saturated rings. The molecule has 2 aromatic rings. The highest BCUT2D eigenvalue weighted by atomic mass is 14.8. The van der Waals surface area contributed by atoms with E-state index < -0.39 is 0 Å². The molecular formula is C28H43N. The molecule has 2 N–H and O–H groups in total. The Kier molecular flexibility index (Phi) is 10.5. The molecule has 2 rings (SSSR count). The molecule has 1 heteroatoms. The topological polar surface area (TPSA) is 26.0 Å². The molecule has 0 aliphatic carbocycles. The molecule has 0 amide bonds. The molecule has 0 radical (unpaired) electrons. The fourth-order valence-corrected chi connectivity index (χ4v) is 4.65. The molecule has 2 atom stereocenters. The zero-order chi connectivity index (χ0) is 21.0. The molecule has 0 aliphatic rings. The molecule has 0 aromatic heterocycles. The van der Waals surface area contributed by atoms with Gasteiger partial charge in [0.25, 0.3) is 0 Å². The predicted molar refractivity (Wildman–Crippen MR) is 128 cm³/mol. The van der Waals surface area contributed by atoms with Crippen LogP contribution in [0.2, 0.25) is 0 Å². The Bertz CT molecular complexity index is 603. The van der Waals surface area contributed by atoms with Crippen molar-refractivity contribution in [3.05, 3.63) is 71.8 Å². The zero-order valence-electron chi connectivity index (χ0n) is 19.1. The molecule has 0 aliphatic heterocycles. The second-order valence-corrected chi connectivity index (χ2v) is 8.96. The average Bonchev–Trinajstić information content (AvgIpc) is 2.78. The largest absolute Gasteiger partial charge is 0.324 e. The van der Waals surface area contributed by atoms with Crippen LogP contribution in [-0.4, -0.2) is 5.54 Å². The highest BCUT2D eigenvalue weighted by Gasteiger charge is 2.38. The molecule has 160 valence electrons. The van der Waals surface area contributed by atoms with E-state index in [1.54, 1.807) is 0 Å². The fourth-order valence-electron chi connectivity index (χ4n) is 4.65. The van der Waals surface area contributed by atoms with Crippen LogP contribution in [-0.2, 0) is 0 Å². The van der Waals surface area contributed by atoms with Crippen LogP contribution >= 0.6 is 0 Å². The summed E-state index contributed by atoms with van der Waals surface area (Å²) in [5.41, 5.74) is 9.72. The van der Waals surface area contributed by atoms with Gasteiger partial charge in [0, 0.05) is 5.54 Å². The van der Waals surface area contributed by atoms with Crippen LogP contribution in [0, 0.1) is 0 Å². The van der Waals surface area contributed by atoms with E-state index in [0.717, 1.165) is 6.42 Å². The maximum atomic E-state index is 7.24. The first kappa shape index (κ1) is 23.7. The second-order valence-electron chi connectivity index (χ2n) is 8.96. The van der Waals surface area contributed by atoms with Gasteiger partial charge in [-0.1, -0.05) is 139 Å². The van der Waals surface area contributed by atoms with Crippen molar-refractivity contribution in [2.45, 2.75) is 102 Å². The van der Waals surface area contributed by atoms with E-state index in [1.165, 1.54) is 68.9 Å². The molecule has 0 bridgehead atoms. The fraction of sp³-hybridized carbons (Fsp3) is 0.571. The SMILES string of the molecule is CCCCCCCCCCCC(N)(C(C)c1ccccc1)C(C)c1ccccc1. The Morgan fingerprint density at radius 3 is 1.41 bits per heavy atom. The maximum absolute atomic E-state index is 7.24. The monoisotopic (exact) mass is 393 g/mol. The van der Waals surface area contributed by atoms with Crippen molar-refractivity contribution >= 4 is 0 Å². The van der Waals surface area contributed by atoms with Crippen molar-refractivity contribution in [1.82, 2.24) is 0 Å². The van der Waals surface area contributed by atoms with Gasteiger partial charge in [0.15, 0.2) is 0 Å². The number of benzene rings is 2. The third-order valence-electron chi connectivity index (χ3n) is 6.92. The Labute approximate surface area is 180 Å². The van der Waals surface area contributed by atoms with E-state index in [9.17, 15) is 0 Å². The van der Waals surface area contributed by atoms with Gasteiger partial charge in [-0.15, -0.1) is 0 Å². The van der Waals surface area contributed by atoms with Crippen LogP contribution in [0.4, 0.5) is 0 Å². The standard InChI is InChI=1S/C28H43N/c1-4-5-6-7-8-9-10-11-18-23-28(29,24(2)26-19-14-12-15-20-26)25(3)27-21-16-13-17-22-27/h12-17,19-22,24-25H,4-11,18,23,29H2,1-3H3. The molecule has 0 heterocycles. The summed E-state index contributed by atoms with van der Waals surface area (Å²) in [6, 6.07) is 21.7. The van der Waals surface area contributed by atoms with Gasteiger partial charge < -0.3 is 5.73 Å². The van der Waals surface area contributed by atoms with Crippen LogP contribution in [0.25, 0.3) is 0 Å². The van der Waals surface area contributed by atoms with E-state index in [0.29, 0.717) is 11.8 Å². The summed E-state index contributed by atoms with van der Waals surface area (Å²) in [5, 5.41) is 0. The van der Waals surface area contributed by atoms with Crippen molar-refractivity contribution in [2.24, 2.45) is 5.73 Å². The van der Waals surface area contributed by atoms with Gasteiger partial charge in [-0.3, -0.25) is 0 Å². The molecular weight excluding hydrogens is 350 g/mol. The molecule has 2 aromatic carbocycles. The lowest BCUT2D eigenvalue weighted by molar-refractivity contribution is 0.274. The van der Waals surface area contributed by atoms with Crippen LogP contribution in [0.15, 0.2) is 60.7 Å². The lowest BCUT2D eigenvalue weighted by Gasteiger charge is -2.42. The van der Waals surface area contributed by atoms with Crippen molar-refractivity contribution < 1.29 is 0 Å². The summed E-state index contributed by atoms with van der Waals surface area (Å²) < 4.78 is 0. The summed E-state index contributed by atoms with van der Waals surface area (Å²) in [6.07, 6.45) is 13.3. The van der Waals surface area contributed by atoms with Crippen LogP contribution in [0.5, 0.6) is 0 Å². The third kappa shape index (κ3) is 7.30. The first-order chi connectivity index (χ1) is 14.1. The van der Waals surface area contributed by atoms with Gasteiger partial charge in [-0.25, -0.2) is 0 Å². The smallest absolute Gasteiger partial charge is 0.0287 e. The van der Waals surface area contributed by atoms with Gasteiger partial charge in [-0.2, -0.15) is 0 Å². The first-order valence-electron chi connectivity index (χ1n) is 12.0. The summed E-state index contributed by atoms with van der Waals surface area (Å²) >= 11 is 0. The number of unbranched alkanes of at least 4 members (excludes halogenated alkanes) is 8. The third-order valence-corrected chi connectivity index (χ3v) is 6.92. The molecule has 29 heavy (non-hydrogen) atoms. The molecule has 1 nitrogen and oxygen atoms in total. The maximum Gasteiger partial charge on any atom is 0.0287 e. The number of hydrogen-bond acceptors (Lipinski definition) is 1. The van der Waals surface area contributed by atoms with Crippen molar-refractivity contribution in [1.29, 1.82) is 0 Å². The Morgan fingerprint density at radius 1 is 0.621 bits per heavy atom. The van der Waals surface area contributed by atoms with Crippen molar-refractivity contribution in [3.8, 4) is 0 Å². The average molecular weight is 394 g/mol. The normalized spacial score (nSPS) is 15.6. The quantitative estimate of drug-likeness (QED) is 0.321. The minimum atomic E-state index is -0.232. The summed E-state index contributed by atoms with van der Waals surface area (Å²) in [4.78, 5) is 0. The number of nitrogens with two attached hydrogens (primary N) is 1. The van der Waals surface area contributed by atoms with E-state index in [-0.39, 0.29) is 5.54 Å². The van der Waals surface area contributed by atoms with E-state index >= 15 is 0 Å². The Hall–Kier alpha value is -1.60. The van der Waals surface area contributed by atoms with Crippen LogP contribution in [0.3, 0.4) is 0 Å². The van der Waals surface area contributed by atoms with Crippen molar-refractivity contribution in [3.63, 3.8) is 0 Å². The summed E-state index contributed by atoms with van der Waals surface area (Å²) in [7, 11) is 0. The highest BCUT2D eigenvalue weighted by Crippen LogP contribution is 2.41. The molecule has 0 saturated heterocycles. The Morgan fingerprint density at radius 2 is 1.00 bits per heavy atom. The molecule has 0 spiro atoms. The van der Waals surface area contributed by atoms with E-state index in [4.69, 9.17) is 5.73 Å². The number of hydrogen-bond donors (Lipinski definition) is 1. The van der Waals surface area contributed by atoms with Gasteiger partial charge in [-0.05, 0) is 29.4 Å².